The zero-order chi connectivity index (χ0) is 15.8. The fraction of sp³-hybridized carbons (Fsp3) is 0.438. The molecule has 0 aromatic carbocycles. The number of likely N-dealkylation sites (tertiary alicyclic amines) is 1. The predicted octanol–water partition coefficient (Wildman–Crippen LogP) is 2.32. The van der Waals surface area contributed by atoms with Gasteiger partial charge in [-0.05, 0) is 38.9 Å². The average Bonchev–Trinajstić information content (AvgIpc) is 3.24. The zero-order valence-electron chi connectivity index (χ0n) is 13.1. The number of hydrogen-bond donors (Lipinski definition) is 2. The molecule has 23 heavy (non-hydrogen) atoms. The van der Waals surface area contributed by atoms with Crippen molar-refractivity contribution in [3.63, 3.8) is 0 Å². The minimum Gasteiger partial charge on any atom is -0.309 e. The van der Waals surface area contributed by atoms with Crippen molar-refractivity contribution in [2.45, 2.75) is 26.2 Å². The van der Waals surface area contributed by atoms with Gasteiger partial charge in [0.15, 0.2) is 0 Å². The van der Waals surface area contributed by atoms with Crippen LogP contribution in [0.15, 0.2) is 17.1 Å². The van der Waals surface area contributed by atoms with Gasteiger partial charge in [-0.2, -0.15) is 5.10 Å². The first-order valence-electron chi connectivity index (χ1n) is 7.96. The fourth-order valence-electron chi connectivity index (χ4n) is 3.11. The van der Waals surface area contributed by atoms with Crippen LogP contribution < -0.4 is 5.56 Å². The second-order valence-corrected chi connectivity index (χ2v) is 7.10. The number of hydrogen-bond acceptors (Lipinski definition) is 5. The van der Waals surface area contributed by atoms with Crippen LogP contribution in [0.3, 0.4) is 0 Å². The molecule has 120 valence electrons. The smallest absolute Gasteiger partial charge is 0.268 e. The van der Waals surface area contributed by atoms with E-state index in [0.717, 1.165) is 53.5 Å². The minimum atomic E-state index is -0.0381. The quantitative estimate of drug-likeness (QED) is 0.770. The van der Waals surface area contributed by atoms with E-state index in [1.165, 1.54) is 24.2 Å². The highest BCUT2D eigenvalue weighted by Gasteiger charge is 2.14. The van der Waals surface area contributed by atoms with Crippen molar-refractivity contribution in [2.24, 2.45) is 0 Å². The van der Waals surface area contributed by atoms with Crippen molar-refractivity contribution in [3.8, 4) is 10.4 Å². The van der Waals surface area contributed by atoms with Gasteiger partial charge in [-0.1, -0.05) is 0 Å². The van der Waals surface area contributed by atoms with Crippen LogP contribution in [0.4, 0.5) is 0 Å². The largest absolute Gasteiger partial charge is 0.309 e. The van der Waals surface area contributed by atoms with Crippen LogP contribution in [0.2, 0.25) is 0 Å². The van der Waals surface area contributed by atoms with Crippen LogP contribution in [0, 0.1) is 6.92 Å². The summed E-state index contributed by atoms with van der Waals surface area (Å²) >= 11 is 1.47. The lowest BCUT2D eigenvalue weighted by atomic mass is 10.2. The summed E-state index contributed by atoms with van der Waals surface area (Å²) in [4.78, 5) is 23.4. The van der Waals surface area contributed by atoms with Gasteiger partial charge in [0, 0.05) is 29.1 Å². The second kappa shape index (κ2) is 5.90. The molecule has 3 aromatic rings. The molecule has 1 aliphatic rings. The van der Waals surface area contributed by atoms with Crippen LogP contribution in [0.25, 0.3) is 20.7 Å². The molecule has 0 atom stereocenters. The van der Waals surface area contributed by atoms with Gasteiger partial charge in [0.25, 0.3) is 5.56 Å². The van der Waals surface area contributed by atoms with Crippen molar-refractivity contribution in [1.29, 1.82) is 0 Å². The Bertz CT molecular complexity index is 887. The van der Waals surface area contributed by atoms with Crippen LogP contribution >= 0.6 is 11.3 Å². The van der Waals surface area contributed by atoms with Crippen molar-refractivity contribution in [2.75, 3.05) is 19.6 Å². The van der Waals surface area contributed by atoms with Gasteiger partial charge in [-0.3, -0.25) is 9.89 Å². The number of H-pyrrole nitrogens is 2. The van der Waals surface area contributed by atoms with Crippen LogP contribution in [-0.4, -0.2) is 44.7 Å². The third kappa shape index (κ3) is 2.82. The van der Waals surface area contributed by atoms with Gasteiger partial charge in [0.1, 0.15) is 10.5 Å². The molecule has 6 nitrogen and oxygen atoms in total. The SMILES string of the molecule is Cc1[nH]ncc1-c1cc2nc(CCN3CCCC3)[nH]c(=O)c2s1. The minimum absolute atomic E-state index is 0.0381. The van der Waals surface area contributed by atoms with Gasteiger partial charge in [-0.25, -0.2) is 4.98 Å². The number of aryl methyl sites for hydroxylation is 1. The maximum absolute atomic E-state index is 12.3. The molecule has 0 radical (unpaired) electrons. The molecule has 1 saturated heterocycles. The Morgan fingerprint density at radius 3 is 2.91 bits per heavy atom. The summed E-state index contributed by atoms with van der Waals surface area (Å²) in [7, 11) is 0. The molecule has 0 aliphatic carbocycles. The van der Waals surface area contributed by atoms with Gasteiger partial charge < -0.3 is 9.88 Å². The Kier molecular flexibility index (Phi) is 3.74. The predicted molar refractivity (Wildman–Crippen MR) is 91.9 cm³/mol. The summed E-state index contributed by atoms with van der Waals surface area (Å²) in [5.41, 5.74) is 2.78. The van der Waals surface area contributed by atoms with E-state index in [9.17, 15) is 4.79 Å². The summed E-state index contributed by atoms with van der Waals surface area (Å²) < 4.78 is 0.686. The zero-order valence-corrected chi connectivity index (χ0v) is 13.9. The van der Waals surface area contributed by atoms with E-state index in [1.54, 1.807) is 6.20 Å². The lowest BCUT2D eigenvalue weighted by Crippen LogP contribution is -2.23. The molecule has 3 aromatic heterocycles. The average molecular weight is 329 g/mol. The van der Waals surface area contributed by atoms with Crippen molar-refractivity contribution < 1.29 is 0 Å². The van der Waals surface area contributed by atoms with E-state index < -0.39 is 0 Å². The van der Waals surface area contributed by atoms with E-state index >= 15 is 0 Å². The van der Waals surface area contributed by atoms with Gasteiger partial charge in [-0.15, -0.1) is 11.3 Å². The summed E-state index contributed by atoms with van der Waals surface area (Å²) in [6.07, 6.45) is 5.14. The molecule has 0 spiro atoms. The molecule has 2 N–H and O–H groups in total. The highest BCUT2D eigenvalue weighted by atomic mass is 32.1. The molecule has 0 amide bonds. The van der Waals surface area contributed by atoms with Crippen molar-refractivity contribution >= 4 is 21.6 Å². The van der Waals surface area contributed by atoms with Crippen molar-refractivity contribution in [1.82, 2.24) is 25.1 Å². The highest BCUT2D eigenvalue weighted by Crippen LogP contribution is 2.31. The van der Waals surface area contributed by atoms with E-state index in [4.69, 9.17) is 0 Å². The van der Waals surface area contributed by atoms with Gasteiger partial charge in [0.2, 0.25) is 0 Å². The Balaban J connectivity index is 1.64. The molecule has 7 heteroatoms. The standard InChI is InChI=1S/C16H19N5OS/c1-10-11(9-17-20-10)13-8-12-15(23-13)16(22)19-14(18-12)4-7-21-5-2-3-6-21/h8-9H,2-7H2,1H3,(H,17,20)(H,18,19,22). The number of thiophene rings is 1. The van der Waals surface area contributed by atoms with Crippen molar-refractivity contribution in [3.05, 3.63) is 34.1 Å². The second-order valence-electron chi connectivity index (χ2n) is 6.05. The van der Waals surface area contributed by atoms with E-state index in [2.05, 4.69) is 25.1 Å². The van der Waals surface area contributed by atoms with Crippen LogP contribution in [-0.2, 0) is 6.42 Å². The number of aromatic amines is 2. The molecule has 1 aliphatic heterocycles. The molecule has 0 bridgehead atoms. The molecule has 4 rings (SSSR count). The lowest BCUT2D eigenvalue weighted by Gasteiger charge is -2.13. The Morgan fingerprint density at radius 1 is 1.35 bits per heavy atom. The summed E-state index contributed by atoms with van der Waals surface area (Å²) in [6.45, 7) is 5.27. The number of fused-ring (bicyclic) bond motifs is 1. The van der Waals surface area contributed by atoms with E-state index in [-0.39, 0.29) is 5.56 Å². The maximum atomic E-state index is 12.3. The van der Waals surface area contributed by atoms with Crippen LogP contribution in [0.5, 0.6) is 0 Å². The third-order valence-corrected chi connectivity index (χ3v) is 5.55. The third-order valence-electron chi connectivity index (χ3n) is 4.39. The monoisotopic (exact) mass is 329 g/mol. The van der Waals surface area contributed by atoms with Gasteiger partial charge >= 0.3 is 0 Å². The lowest BCUT2D eigenvalue weighted by molar-refractivity contribution is 0.341. The molecular weight excluding hydrogens is 310 g/mol. The molecule has 4 heterocycles. The molecular formula is C16H19N5OS. The molecule has 0 saturated carbocycles. The normalized spacial score (nSPS) is 15.7. The first kappa shape index (κ1) is 14.6. The Labute approximate surface area is 137 Å². The number of nitrogens with zero attached hydrogens (tertiary/aromatic N) is 3. The summed E-state index contributed by atoms with van der Waals surface area (Å²) in [5.74, 6) is 0.780. The molecule has 0 unspecified atom stereocenters. The number of nitrogens with one attached hydrogen (secondary N) is 2. The van der Waals surface area contributed by atoms with Crippen LogP contribution in [0.1, 0.15) is 24.4 Å². The van der Waals surface area contributed by atoms with Gasteiger partial charge in [0.05, 0.1) is 11.7 Å². The Morgan fingerprint density at radius 2 is 2.17 bits per heavy atom. The van der Waals surface area contributed by atoms with E-state index in [0.29, 0.717) is 4.70 Å². The number of aromatic nitrogens is 4. The first-order chi connectivity index (χ1) is 11.2. The molecule has 1 fully saturated rings. The highest BCUT2D eigenvalue weighted by molar-refractivity contribution is 7.22. The summed E-state index contributed by atoms with van der Waals surface area (Å²) in [6, 6.07) is 1.99. The summed E-state index contributed by atoms with van der Waals surface area (Å²) in [5, 5.41) is 6.99. The number of rotatable bonds is 4. The maximum Gasteiger partial charge on any atom is 0.268 e. The fourth-order valence-corrected chi connectivity index (χ4v) is 4.17. The van der Waals surface area contributed by atoms with E-state index in [1.807, 2.05) is 13.0 Å². The first-order valence-corrected chi connectivity index (χ1v) is 8.78. The Hall–Kier alpha value is -1.99. The topological polar surface area (TPSA) is 77.7 Å².